The minimum atomic E-state index is -0.0353. The minimum Gasteiger partial charge on any atom is -0.398 e. The van der Waals surface area contributed by atoms with Crippen molar-refractivity contribution < 1.29 is 0 Å². The molecule has 0 fully saturated rings. The van der Waals surface area contributed by atoms with Crippen LogP contribution in [-0.4, -0.2) is 9.13 Å². The van der Waals surface area contributed by atoms with E-state index in [0.717, 1.165) is 5.56 Å². The third kappa shape index (κ3) is 2.36. The van der Waals surface area contributed by atoms with E-state index in [9.17, 15) is 4.79 Å². The van der Waals surface area contributed by atoms with E-state index in [1.165, 1.54) is 0 Å². The fourth-order valence-corrected chi connectivity index (χ4v) is 1.90. The van der Waals surface area contributed by atoms with Crippen LogP contribution in [-0.2, 0) is 13.1 Å². The molecule has 1 aromatic heterocycles. The second kappa shape index (κ2) is 4.67. The van der Waals surface area contributed by atoms with Crippen LogP contribution >= 0.6 is 11.6 Å². The molecule has 90 valence electrons. The summed E-state index contributed by atoms with van der Waals surface area (Å²) in [6, 6.07) is 5.27. The summed E-state index contributed by atoms with van der Waals surface area (Å²) < 4.78 is 3.26. The molecule has 0 atom stereocenters. The van der Waals surface area contributed by atoms with Crippen LogP contribution in [0.15, 0.2) is 35.4 Å². The number of benzene rings is 1. The van der Waals surface area contributed by atoms with Crippen LogP contribution in [0.5, 0.6) is 0 Å². The van der Waals surface area contributed by atoms with Gasteiger partial charge in [0.15, 0.2) is 0 Å². The van der Waals surface area contributed by atoms with Gasteiger partial charge in [-0.15, -0.1) is 0 Å². The predicted molar refractivity (Wildman–Crippen MR) is 69.3 cm³/mol. The van der Waals surface area contributed by atoms with Crippen LogP contribution in [0, 0.1) is 0 Å². The molecule has 0 amide bonds. The molecule has 0 spiro atoms. The average molecular weight is 252 g/mol. The van der Waals surface area contributed by atoms with E-state index >= 15 is 0 Å². The third-order valence-electron chi connectivity index (χ3n) is 2.70. The number of rotatable bonds is 3. The van der Waals surface area contributed by atoms with Crippen LogP contribution in [0.2, 0.25) is 5.02 Å². The molecular formula is C12H14ClN3O. The van der Waals surface area contributed by atoms with E-state index in [-0.39, 0.29) is 5.69 Å². The molecule has 2 aromatic rings. The van der Waals surface area contributed by atoms with Gasteiger partial charge >= 0.3 is 5.69 Å². The third-order valence-corrected chi connectivity index (χ3v) is 2.94. The second-order valence-corrected chi connectivity index (χ2v) is 4.27. The maximum absolute atomic E-state index is 11.9. The number of anilines is 1. The molecule has 2 rings (SSSR count). The molecule has 0 aliphatic carbocycles. The minimum absolute atomic E-state index is 0.0353. The zero-order chi connectivity index (χ0) is 12.4. The van der Waals surface area contributed by atoms with Gasteiger partial charge in [-0.05, 0) is 30.7 Å². The molecule has 17 heavy (non-hydrogen) atoms. The van der Waals surface area contributed by atoms with Crippen molar-refractivity contribution in [3.8, 4) is 0 Å². The van der Waals surface area contributed by atoms with Gasteiger partial charge in [-0.2, -0.15) is 0 Å². The first-order valence-corrected chi connectivity index (χ1v) is 5.79. The van der Waals surface area contributed by atoms with Gasteiger partial charge in [-0.3, -0.25) is 9.13 Å². The Morgan fingerprint density at radius 1 is 1.29 bits per heavy atom. The van der Waals surface area contributed by atoms with E-state index in [0.29, 0.717) is 23.8 Å². The van der Waals surface area contributed by atoms with Crippen molar-refractivity contribution in [3.63, 3.8) is 0 Å². The quantitative estimate of drug-likeness (QED) is 0.848. The summed E-state index contributed by atoms with van der Waals surface area (Å²) in [4.78, 5) is 11.9. The molecule has 0 unspecified atom stereocenters. The second-order valence-electron chi connectivity index (χ2n) is 3.84. The summed E-state index contributed by atoms with van der Waals surface area (Å²) in [5, 5.41) is 0.622. The first-order chi connectivity index (χ1) is 8.11. The zero-order valence-electron chi connectivity index (χ0n) is 9.56. The van der Waals surface area contributed by atoms with Crippen molar-refractivity contribution >= 4 is 17.3 Å². The van der Waals surface area contributed by atoms with Gasteiger partial charge in [0.2, 0.25) is 0 Å². The molecule has 1 heterocycles. The zero-order valence-corrected chi connectivity index (χ0v) is 10.3. The van der Waals surface area contributed by atoms with Gasteiger partial charge in [-0.25, -0.2) is 4.79 Å². The number of imidazole rings is 1. The number of nitrogen functional groups attached to an aromatic ring is 1. The van der Waals surface area contributed by atoms with E-state index in [4.69, 9.17) is 17.3 Å². The Bertz CT molecular complexity index is 586. The topological polar surface area (TPSA) is 52.9 Å². The summed E-state index contributed by atoms with van der Waals surface area (Å²) in [6.07, 6.45) is 3.52. The number of hydrogen-bond acceptors (Lipinski definition) is 2. The van der Waals surface area contributed by atoms with Crippen LogP contribution in [0.3, 0.4) is 0 Å². The van der Waals surface area contributed by atoms with Crippen LogP contribution in [0.25, 0.3) is 0 Å². The molecule has 0 saturated heterocycles. The van der Waals surface area contributed by atoms with Crippen molar-refractivity contribution in [2.45, 2.75) is 20.0 Å². The lowest BCUT2D eigenvalue weighted by atomic mass is 10.2. The molecule has 0 radical (unpaired) electrons. The highest BCUT2D eigenvalue weighted by molar-refractivity contribution is 6.30. The van der Waals surface area contributed by atoms with E-state index < -0.39 is 0 Å². The lowest BCUT2D eigenvalue weighted by molar-refractivity contribution is 0.669. The molecule has 0 aliphatic heterocycles. The molecule has 0 aliphatic rings. The maximum Gasteiger partial charge on any atom is 0.328 e. The van der Waals surface area contributed by atoms with Crippen molar-refractivity contribution in [1.82, 2.24) is 9.13 Å². The lowest BCUT2D eigenvalue weighted by Gasteiger charge is -2.06. The Hall–Kier alpha value is -1.68. The van der Waals surface area contributed by atoms with E-state index in [1.807, 2.05) is 6.92 Å². The fourth-order valence-electron chi connectivity index (χ4n) is 1.71. The number of aryl methyl sites for hydroxylation is 1. The van der Waals surface area contributed by atoms with Crippen molar-refractivity contribution in [3.05, 3.63) is 51.7 Å². The Morgan fingerprint density at radius 2 is 2.00 bits per heavy atom. The normalized spacial score (nSPS) is 10.7. The van der Waals surface area contributed by atoms with Crippen molar-refractivity contribution in [2.75, 3.05) is 5.73 Å². The number of hydrogen-bond donors (Lipinski definition) is 1. The van der Waals surface area contributed by atoms with Crippen LogP contribution in [0.1, 0.15) is 12.5 Å². The summed E-state index contributed by atoms with van der Waals surface area (Å²) in [5.41, 5.74) is 7.31. The first-order valence-electron chi connectivity index (χ1n) is 5.41. The predicted octanol–water partition coefficient (Wildman–Crippen LogP) is 1.95. The lowest BCUT2D eigenvalue weighted by Crippen LogP contribution is -2.24. The molecular weight excluding hydrogens is 238 g/mol. The maximum atomic E-state index is 11.9. The number of aromatic nitrogens is 2. The van der Waals surface area contributed by atoms with Gasteiger partial charge in [0.05, 0.1) is 6.54 Å². The molecule has 1 aromatic carbocycles. The monoisotopic (exact) mass is 251 g/mol. The van der Waals surface area contributed by atoms with Gasteiger partial charge in [-0.1, -0.05) is 11.6 Å². The van der Waals surface area contributed by atoms with Crippen LogP contribution < -0.4 is 11.4 Å². The summed E-state index contributed by atoms with van der Waals surface area (Å²) >= 11 is 5.91. The Kier molecular flexibility index (Phi) is 3.24. The summed E-state index contributed by atoms with van der Waals surface area (Å²) in [7, 11) is 0. The standard InChI is InChI=1S/C12H14ClN3O/c1-2-15-5-6-16(12(15)17)8-9-7-10(13)3-4-11(9)14/h3-7H,2,8,14H2,1H3. The van der Waals surface area contributed by atoms with Gasteiger partial charge in [0.1, 0.15) is 0 Å². The summed E-state index contributed by atoms with van der Waals surface area (Å²) in [5.74, 6) is 0. The highest BCUT2D eigenvalue weighted by atomic mass is 35.5. The van der Waals surface area contributed by atoms with E-state index in [2.05, 4.69) is 0 Å². The smallest absolute Gasteiger partial charge is 0.328 e. The van der Waals surface area contributed by atoms with Gasteiger partial charge in [0.25, 0.3) is 0 Å². The largest absolute Gasteiger partial charge is 0.398 e. The van der Waals surface area contributed by atoms with Crippen molar-refractivity contribution in [2.24, 2.45) is 0 Å². The number of nitrogens with two attached hydrogens (primary N) is 1. The molecule has 5 heteroatoms. The Labute approximate surface area is 104 Å². The van der Waals surface area contributed by atoms with Gasteiger partial charge < -0.3 is 5.73 Å². The molecule has 4 nitrogen and oxygen atoms in total. The highest BCUT2D eigenvalue weighted by Gasteiger charge is 2.05. The highest BCUT2D eigenvalue weighted by Crippen LogP contribution is 2.18. The molecule has 2 N–H and O–H groups in total. The number of nitrogens with zero attached hydrogens (tertiary/aromatic N) is 2. The first kappa shape index (κ1) is 11.8. The SMILES string of the molecule is CCn1ccn(Cc2cc(Cl)ccc2N)c1=O. The van der Waals surface area contributed by atoms with Gasteiger partial charge in [0, 0.05) is 29.6 Å². The fraction of sp³-hybridized carbons (Fsp3) is 0.250. The van der Waals surface area contributed by atoms with Crippen molar-refractivity contribution in [1.29, 1.82) is 0 Å². The number of halogens is 1. The Balaban J connectivity index is 2.34. The molecule has 0 bridgehead atoms. The van der Waals surface area contributed by atoms with Crippen LogP contribution in [0.4, 0.5) is 5.69 Å². The van der Waals surface area contributed by atoms with E-state index in [1.54, 1.807) is 39.7 Å². The Morgan fingerprint density at radius 3 is 2.65 bits per heavy atom. The molecule has 0 saturated carbocycles. The average Bonchev–Trinajstić information content (AvgIpc) is 2.65. The summed E-state index contributed by atoms with van der Waals surface area (Å²) in [6.45, 7) is 3.04.